The lowest BCUT2D eigenvalue weighted by molar-refractivity contribution is -0.134. The van der Waals surface area contributed by atoms with Crippen LogP contribution in [0.5, 0.6) is 0 Å². The molecule has 1 aliphatic heterocycles. The van der Waals surface area contributed by atoms with Crippen LogP contribution in [-0.4, -0.2) is 42.9 Å². The topological polar surface area (TPSA) is 52.7 Å². The third-order valence-corrected chi connectivity index (χ3v) is 5.77. The second-order valence-electron chi connectivity index (χ2n) is 7.06. The van der Waals surface area contributed by atoms with Crippen LogP contribution in [0.25, 0.3) is 0 Å². The molecule has 3 rings (SSSR count). The van der Waals surface area contributed by atoms with Gasteiger partial charge in [0.1, 0.15) is 0 Å². The van der Waals surface area contributed by atoms with Gasteiger partial charge < -0.3 is 15.1 Å². The number of amides is 2. The summed E-state index contributed by atoms with van der Waals surface area (Å²) in [7, 11) is 0. The van der Waals surface area contributed by atoms with Gasteiger partial charge in [0.25, 0.3) is 5.91 Å². The molecule has 0 aliphatic carbocycles. The quantitative estimate of drug-likeness (QED) is 0.615. The van der Waals surface area contributed by atoms with E-state index in [2.05, 4.69) is 32.8 Å². The van der Waals surface area contributed by atoms with Crippen LogP contribution in [0.2, 0.25) is 5.02 Å². The van der Waals surface area contributed by atoms with E-state index in [1.165, 1.54) is 0 Å². The molecule has 1 fully saturated rings. The molecule has 1 N–H and O–H groups in total. The van der Waals surface area contributed by atoms with Crippen molar-refractivity contribution in [1.29, 1.82) is 0 Å². The van der Waals surface area contributed by atoms with E-state index < -0.39 is 0 Å². The smallest absolute Gasteiger partial charge is 0.255 e. The monoisotopic (exact) mass is 511 g/mol. The van der Waals surface area contributed by atoms with Crippen LogP contribution in [0, 0.1) is 9.49 Å². The number of hydrogen-bond acceptors (Lipinski definition) is 3. The Morgan fingerprint density at radius 1 is 1.04 bits per heavy atom. The summed E-state index contributed by atoms with van der Waals surface area (Å²) in [5.74, 6) is -0.00442. The number of rotatable bonds is 4. The number of carbonyl (C=O) groups is 2. The van der Waals surface area contributed by atoms with Crippen molar-refractivity contribution in [3.63, 3.8) is 0 Å². The van der Waals surface area contributed by atoms with E-state index in [-0.39, 0.29) is 17.7 Å². The number of benzene rings is 2. The fourth-order valence-corrected chi connectivity index (χ4v) is 3.90. The lowest BCUT2D eigenvalue weighted by Crippen LogP contribution is -2.50. The summed E-state index contributed by atoms with van der Waals surface area (Å²) in [6.07, 6.45) is 0. The Balaban J connectivity index is 1.77. The van der Waals surface area contributed by atoms with Gasteiger partial charge in [-0.25, -0.2) is 0 Å². The number of nitrogens with one attached hydrogen (secondary N) is 1. The van der Waals surface area contributed by atoms with Gasteiger partial charge in [0.2, 0.25) is 5.91 Å². The molecule has 2 aromatic rings. The summed E-state index contributed by atoms with van der Waals surface area (Å²) in [6.45, 7) is 6.48. The Morgan fingerprint density at radius 3 is 2.29 bits per heavy atom. The highest BCUT2D eigenvalue weighted by Crippen LogP contribution is 2.35. The molecule has 0 radical (unpaired) electrons. The van der Waals surface area contributed by atoms with Crippen molar-refractivity contribution in [2.75, 3.05) is 36.4 Å². The molecule has 0 bridgehead atoms. The Morgan fingerprint density at radius 2 is 1.68 bits per heavy atom. The number of nitrogens with zero attached hydrogens (tertiary/aromatic N) is 2. The first kappa shape index (κ1) is 20.9. The zero-order valence-electron chi connectivity index (χ0n) is 15.9. The third-order valence-electron chi connectivity index (χ3n) is 4.74. The molecule has 148 valence electrons. The molecule has 28 heavy (non-hydrogen) atoms. The van der Waals surface area contributed by atoms with Crippen LogP contribution in [0.15, 0.2) is 42.5 Å². The first-order chi connectivity index (χ1) is 13.4. The number of para-hydroxylation sites is 1. The van der Waals surface area contributed by atoms with E-state index in [0.29, 0.717) is 42.5 Å². The number of piperazine rings is 1. The minimum Gasteiger partial charge on any atom is -0.365 e. The van der Waals surface area contributed by atoms with Crippen molar-refractivity contribution >= 4 is 57.4 Å². The van der Waals surface area contributed by atoms with Gasteiger partial charge in [-0.3, -0.25) is 9.59 Å². The molecule has 1 heterocycles. The molecule has 0 atom stereocenters. The standard InChI is InChI=1S/C21H23ClIN3O2/c1-14(2)21(28)26-12-10-25(11-13-26)19-17(22)4-3-5-18(19)24-20(27)15-6-8-16(23)9-7-15/h3-9,14H,10-13H2,1-2H3,(H,24,27). The average Bonchev–Trinajstić information content (AvgIpc) is 2.68. The fraction of sp³-hybridized carbons (Fsp3) is 0.333. The maximum atomic E-state index is 12.7. The predicted octanol–water partition coefficient (Wildman–Crippen LogP) is 4.50. The minimum atomic E-state index is -0.173. The van der Waals surface area contributed by atoms with Crippen LogP contribution in [-0.2, 0) is 4.79 Å². The van der Waals surface area contributed by atoms with E-state index in [0.717, 1.165) is 9.26 Å². The summed E-state index contributed by atoms with van der Waals surface area (Å²) in [5.41, 5.74) is 2.08. The summed E-state index contributed by atoms with van der Waals surface area (Å²) >= 11 is 8.70. The number of halogens is 2. The highest BCUT2D eigenvalue weighted by molar-refractivity contribution is 14.1. The van der Waals surface area contributed by atoms with Crippen molar-refractivity contribution in [2.45, 2.75) is 13.8 Å². The second-order valence-corrected chi connectivity index (χ2v) is 8.72. The van der Waals surface area contributed by atoms with Crippen LogP contribution >= 0.6 is 34.2 Å². The van der Waals surface area contributed by atoms with Crippen molar-refractivity contribution < 1.29 is 9.59 Å². The van der Waals surface area contributed by atoms with Gasteiger partial charge in [-0.1, -0.05) is 31.5 Å². The Labute approximate surface area is 184 Å². The molecular formula is C21H23ClIN3O2. The van der Waals surface area contributed by atoms with E-state index in [9.17, 15) is 9.59 Å². The van der Waals surface area contributed by atoms with E-state index in [4.69, 9.17) is 11.6 Å². The van der Waals surface area contributed by atoms with Gasteiger partial charge in [0, 0.05) is 41.2 Å². The van der Waals surface area contributed by atoms with Crippen molar-refractivity contribution in [2.24, 2.45) is 5.92 Å². The first-order valence-corrected chi connectivity index (χ1v) is 10.7. The molecular weight excluding hydrogens is 489 g/mol. The number of hydrogen-bond donors (Lipinski definition) is 1. The Kier molecular flexibility index (Phi) is 6.82. The highest BCUT2D eigenvalue weighted by atomic mass is 127. The molecule has 0 aromatic heterocycles. The Bertz CT molecular complexity index is 862. The molecule has 1 aliphatic rings. The Hall–Kier alpha value is -1.80. The molecule has 0 unspecified atom stereocenters. The van der Waals surface area contributed by atoms with E-state index in [1.807, 2.05) is 49.1 Å². The second kappa shape index (κ2) is 9.13. The van der Waals surface area contributed by atoms with Crippen LogP contribution in [0.3, 0.4) is 0 Å². The van der Waals surface area contributed by atoms with Gasteiger partial charge in [-0.05, 0) is 59.0 Å². The number of anilines is 2. The molecule has 1 saturated heterocycles. The maximum Gasteiger partial charge on any atom is 0.255 e. The number of carbonyl (C=O) groups excluding carboxylic acids is 2. The maximum absolute atomic E-state index is 12.7. The van der Waals surface area contributed by atoms with E-state index in [1.54, 1.807) is 12.1 Å². The van der Waals surface area contributed by atoms with Gasteiger partial charge in [-0.2, -0.15) is 0 Å². The molecule has 0 saturated carbocycles. The van der Waals surface area contributed by atoms with Gasteiger partial charge >= 0.3 is 0 Å². The SMILES string of the molecule is CC(C)C(=O)N1CCN(c2c(Cl)cccc2NC(=O)c2ccc(I)cc2)CC1. The summed E-state index contributed by atoms with van der Waals surface area (Å²) in [6, 6.07) is 12.9. The lowest BCUT2D eigenvalue weighted by atomic mass is 10.1. The summed E-state index contributed by atoms with van der Waals surface area (Å²) < 4.78 is 1.08. The van der Waals surface area contributed by atoms with Crippen molar-refractivity contribution in [1.82, 2.24) is 4.90 Å². The highest BCUT2D eigenvalue weighted by Gasteiger charge is 2.25. The van der Waals surface area contributed by atoms with Crippen molar-refractivity contribution in [3.8, 4) is 0 Å². The summed E-state index contributed by atoms with van der Waals surface area (Å²) in [4.78, 5) is 28.9. The molecule has 2 aromatic carbocycles. The first-order valence-electron chi connectivity index (χ1n) is 9.26. The zero-order valence-corrected chi connectivity index (χ0v) is 18.8. The van der Waals surface area contributed by atoms with Crippen LogP contribution in [0.1, 0.15) is 24.2 Å². The third kappa shape index (κ3) is 4.78. The predicted molar refractivity (Wildman–Crippen MR) is 122 cm³/mol. The molecule has 0 spiro atoms. The zero-order chi connectivity index (χ0) is 20.3. The lowest BCUT2D eigenvalue weighted by Gasteiger charge is -2.38. The van der Waals surface area contributed by atoms with E-state index >= 15 is 0 Å². The van der Waals surface area contributed by atoms with Gasteiger partial charge in [-0.15, -0.1) is 0 Å². The largest absolute Gasteiger partial charge is 0.365 e. The fourth-order valence-electron chi connectivity index (χ4n) is 3.25. The molecule has 2 amide bonds. The minimum absolute atomic E-state index is 0.00403. The molecule has 7 heteroatoms. The average molecular weight is 512 g/mol. The van der Waals surface area contributed by atoms with Crippen LogP contribution in [0.4, 0.5) is 11.4 Å². The normalized spacial score (nSPS) is 14.3. The summed E-state index contributed by atoms with van der Waals surface area (Å²) in [5, 5.41) is 3.58. The van der Waals surface area contributed by atoms with Crippen molar-refractivity contribution in [3.05, 3.63) is 56.6 Å². The van der Waals surface area contributed by atoms with Gasteiger partial charge in [0.15, 0.2) is 0 Å². The van der Waals surface area contributed by atoms with Gasteiger partial charge in [0.05, 0.1) is 16.4 Å². The molecule has 5 nitrogen and oxygen atoms in total. The van der Waals surface area contributed by atoms with Crippen LogP contribution < -0.4 is 10.2 Å².